The fourth-order valence-electron chi connectivity index (χ4n) is 2.33. The maximum absolute atomic E-state index is 11.5. The highest BCUT2D eigenvalue weighted by atomic mass is 32.2. The van der Waals surface area contributed by atoms with E-state index in [4.69, 9.17) is 0 Å². The van der Waals surface area contributed by atoms with Crippen molar-refractivity contribution in [2.24, 2.45) is 0 Å². The number of aromatic amines is 1. The van der Waals surface area contributed by atoms with E-state index in [1.54, 1.807) is 17.0 Å². The predicted octanol–water partition coefficient (Wildman–Crippen LogP) is 2.47. The van der Waals surface area contributed by atoms with E-state index >= 15 is 0 Å². The van der Waals surface area contributed by atoms with Crippen molar-refractivity contribution in [2.75, 3.05) is 16.8 Å². The molecule has 0 bridgehead atoms. The van der Waals surface area contributed by atoms with Crippen LogP contribution in [0.1, 0.15) is 12.8 Å². The zero-order valence-electron chi connectivity index (χ0n) is 10.6. The Morgan fingerprint density at radius 3 is 2.79 bits per heavy atom. The van der Waals surface area contributed by atoms with Gasteiger partial charge >= 0.3 is 5.69 Å². The molecule has 1 atom stereocenters. The first-order valence-electron chi connectivity index (χ1n) is 6.54. The Hall–Kier alpha value is -1.62. The number of thioether (sulfide) groups is 1. The molecule has 0 aliphatic carbocycles. The molecule has 1 aromatic heterocycles. The Morgan fingerprint density at radius 1 is 1.32 bits per heavy atom. The lowest BCUT2D eigenvalue weighted by Gasteiger charge is -2.23. The van der Waals surface area contributed by atoms with Gasteiger partial charge in [-0.05, 0) is 42.9 Å². The summed E-state index contributed by atoms with van der Waals surface area (Å²) in [7, 11) is 0. The molecule has 4 nitrogen and oxygen atoms in total. The van der Waals surface area contributed by atoms with Gasteiger partial charge < -0.3 is 10.3 Å². The molecular formula is C14H17N3OS. The molecule has 0 radical (unpaired) electrons. The predicted molar refractivity (Wildman–Crippen MR) is 80.4 cm³/mol. The summed E-state index contributed by atoms with van der Waals surface area (Å²) in [5.74, 6) is 2.46. The van der Waals surface area contributed by atoms with Crippen molar-refractivity contribution in [1.82, 2.24) is 9.55 Å². The second-order valence-corrected chi connectivity index (χ2v) is 5.89. The number of benzene rings is 1. The van der Waals surface area contributed by atoms with Crippen LogP contribution in [-0.4, -0.2) is 27.1 Å². The normalized spacial score (nSPS) is 19.3. The standard InChI is InChI=1S/C14H17N3OS/c18-14-15-7-8-17(14)13-5-3-11(4-6-13)16-12-2-1-9-19-10-12/h3-8,12,16H,1-2,9-10H2,(H,15,18). The third-order valence-electron chi connectivity index (χ3n) is 3.33. The number of hydrogen-bond donors (Lipinski definition) is 2. The Balaban J connectivity index is 1.72. The fraction of sp³-hybridized carbons (Fsp3) is 0.357. The molecule has 0 spiro atoms. The second-order valence-electron chi connectivity index (χ2n) is 4.74. The van der Waals surface area contributed by atoms with E-state index in [1.165, 1.54) is 24.3 Å². The summed E-state index contributed by atoms with van der Waals surface area (Å²) in [5.41, 5.74) is 1.90. The van der Waals surface area contributed by atoms with Gasteiger partial charge in [-0.1, -0.05) is 0 Å². The van der Waals surface area contributed by atoms with E-state index in [1.807, 2.05) is 36.0 Å². The highest BCUT2D eigenvalue weighted by Crippen LogP contribution is 2.21. The van der Waals surface area contributed by atoms with Gasteiger partial charge in [0.05, 0.1) is 5.69 Å². The molecule has 1 saturated heterocycles. The molecule has 1 fully saturated rings. The summed E-state index contributed by atoms with van der Waals surface area (Å²) >= 11 is 2.01. The fourth-order valence-corrected chi connectivity index (χ4v) is 3.40. The number of nitrogens with one attached hydrogen (secondary N) is 2. The van der Waals surface area contributed by atoms with Crippen molar-refractivity contribution in [3.63, 3.8) is 0 Å². The third kappa shape index (κ3) is 2.87. The van der Waals surface area contributed by atoms with Crippen LogP contribution in [0.2, 0.25) is 0 Å². The van der Waals surface area contributed by atoms with Crippen LogP contribution >= 0.6 is 11.8 Å². The number of hydrogen-bond acceptors (Lipinski definition) is 3. The van der Waals surface area contributed by atoms with E-state index in [0.29, 0.717) is 6.04 Å². The number of H-pyrrole nitrogens is 1. The molecule has 2 aromatic rings. The van der Waals surface area contributed by atoms with Crippen molar-refractivity contribution in [3.05, 3.63) is 47.1 Å². The molecular weight excluding hydrogens is 258 g/mol. The Bertz CT molecular complexity index is 581. The molecule has 1 aliphatic rings. The lowest BCUT2D eigenvalue weighted by atomic mass is 10.1. The first-order chi connectivity index (χ1) is 9.33. The molecule has 0 saturated carbocycles. The van der Waals surface area contributed by atoms with E-state index in [0.717, 1.165) is 11.4 Å². The minimum atomic E-state index is -0.107. The van der Waals surface area contributed by atoms with E-state index in [9.17, 15) is 4.79 Å². The molecule has 3 rings (SSSR count). The maximum Gasteiger partial charge on any atom is 0.330 e. The van der Waals surface area contributed by atoms with Crippen LogP contribution in [0.15, 0.2) is 41.5 Å². The van der Waals surface area contributed by atoms with Crippen molar-refractivity contribution >= 4 is 17.4 Å². The minimum absolute atomic E-state index is 0.107. The summed E-state index contributed by atoms with van der Waals surface area (Å²) in [6.07, 6.45) is 5.92. The smallest absolute Gasteiger partial charge is 0.330 e. The summed E-state index contributed by atoms with van der Waals surface area (Å²) in [6, 6.07) is 8.57. The average Bonchev–Trinajstić information content (AvgIpc) is 2.87. The van der Waals surface area contributed by atoms with Crippen LogP contribution in [0, 0.1) is 0 Å². The molecule has 1 aliphatic heterocycles. The van der Waals surface area contributed by atoms with Crippen LogP contribution in [0.3, 0.4) is 0 Å². The largest absolute Gasteiger partial charge is 0.381 e. The van der Waals surface area contributed by atoms with Gasteiger partial charge in [-0.2, -0.15) is 11.8 Å². The van der Waals surface area contributed by atoms with E-state index in [2.05, 4.69) is 10.3 Å². The Kier molecular flexibility index (Phi) is 3.64. The van der Waals surface area contributed by atoms with Crippen LogP contribution in [-0.2, 0) is 0 Å². The molecule has 19 heavy (non-hydrogen) atoms. The van der Waals surface area contributed by atoms with Crippen LogP contribution in [0.25, 0.3) is 5.69 Å². The van der Waals surface area contributed by atoms with Gasteiger partial charge in [0.25, 0.3) is 0 Å². The van der Waals surface area contributed by atoms with E-state index < -0.39 is 0 Å². The average molecular weight is 275 g/mol. The Morgan fingerprint density at radius 2 is 2.16 bits per heavy atom. The summed E-state index contributed by atoms with van der Waals surface area (Å²) in [4.78, 5) is 14.1. The molecule has 1 aromatic carbocycles. The van der Waals surface area contributed by atoms with Gasteiger partial charge in [0, 0.05) is 29.9 Å². The van der Waals surface area contributed by atoms with Crippen molar-refractivity contribution < 1.29 is 0 Å². The van der Waals surface area contributed by atoms with Gasteiger partial charge in [0.2, 0.25) is 0 Å². The highest BCUT2D eigenvalue weighted by Gasteiger charge is 2.13. The summed E-state index contributed by atoms with van der Waals surface area (Å²) in [6.45, 7) is 0. The zero-order valence-corrected chi connectivity index (χ0v) is 11.5. The van der Waals surface area contributed by atoms with Crippen LogP contribution < -0.4 is 11.0 Å². The lowest BCUT2D eigenvalue weighted by Crippen LogP contribution is -2.25. The van der Waals surface area contributed by atoms with Crippen molar-refractivity contribution in [2.45, 2.75) is 18.9 Å². The van der Waals surface area contributed by atoms with Crippen molar-refractivity contribution in [1.29, 1.82) is 0 Å². The monoisotopic (exact) mass is 275 g/mol. The second kappa shape index (κ2) is 5.57. The number of aromatic nitrogens is 2. The quantitative estimate of drug-likeness (QED) is 0.904. The third-order valence-corrected chi connectivity index (χ3v) is 4.54. The minimum Gasteiger partial charge on any atom is -0.381 e. The van der Waals surface area contributed by atoms with Gasteiger partial charge in [-0.15, -0.1) is 0 Å². The van der Waals surface area contributed by atoms with Gasteiger partial charge in [0.1, 0.15) is 0 Å². The van der Waals surface area contributed by atoms with E-state index in [-0.39, 0.29) is 5.69 Å². The highest BCUT2D eigenvalue weighted by molar-refractivity contribution is 7.99. The first kappa shape index (κ1) is 12.4. The zero-order chi connectivity index (χ0) is 13.1. The lowest BCUT2D eigenvalue weighted by molar-refractivity contribution is 0.685. The molecule has 100 valence electrons. The van der Waals surface area contributed by atoms with Gasteiger partial charge in [0.15, 0.2) is 0 Å². The number of imidazole rings is 1. The number of rotatable bonds is 3. The SMILES string of the molecule is O=c1[nH]ccn1-c1ccc(NC2CCCSC2)cc1. The molecule has 5 heteroatoms. The molecule has 1 unspecified atom stereocenters. The van der Waals surface area contributed by atoms with Crippen LogP contribution in [0.5, 0.6) is 0 Å². The number of nitrogens with zero attached hydrogens (tertiary/aromatic N) is 1. The topological polar surface area (TPSA) is 49.8 Å². The molecule has 0 amide bonds. The molecule has 2 heterocycles. The molecule has 2 N–H and O–H groups in total. The van der Waals surface area contributed by atoms with Crippen LogP contribution in [0.4, 0.5) is 5.69 Å². The number of anilines is 1. The van der Waals surface area contributed by atoms with Gasteiger partial charge in [-0.25, -0.2) is 4.79 Å². The summed E-state index contributed by atoms with van der Waals surface area (Å²) < 4.78 is 1.60. The first-order valence-corrected chi connectivity index (χ1v) is 7.69. The maximum atomic E-state index is 11.5. The summed E-state index contributed by atoms with van der Waals surface area (Å²) in [5, 5.41) is 3.55. The van der Waals surface area contributed by atoms with Crippen molar-refractivity contribution in [3.8, 4) is 5.69 Å². The Labute approximate surface area is 116 Å². The van der Waals surface area contributed by atoms with Gasteiger partial charge in [-0.3, -0.25) is 4.57 Å².